The topological polar surface area (TPSA) is 59.1 Å². The minimum absolute atomic E-state index is 0.199. The summed E-state index contributed by atoms with van der Waals surface area (Å²) in [6.45, 7) is 8.64. The summed E-state index contributed by atoms with van der Waals surface area (Å²) in [7, 11) is 1.62. The summed E-state index contributed by atoms with van der Waals surface area (Å²) in [5.74, 6) is 0.0612. The molecule has 2 atom stereocenters. The van der Waals surface area contributed by atoms with Crippen LogP contribution >= 0.6 is 11.8 Å². The van der Waals surface area contributed by atoms with Crippen LogP contribution in [0, 0.1) is 0 Å². The van der Waals surface area contributed by atoms with E-state index in [-0.39, 0.29) is 5.91 Å². The second-order valence-corrected chi connectivity index (χ2v) is 9.65. The van der Waals surface area contributed by atoms with E-state index >= 15 is 0 Å². The fraction of sp³-hybridized carbons (Fsp3) is 0.357. The Morgan fingerprint density at radius 3 is 2.40 bits per heavy atom. The molecule has 0 radical (unpaired) electrons. The second-order valence-electron chi connectivity index (χ2n) is 8.49. The molecule has 0 spiro atoms. The summed E-state index contributed by atoms with van der Waals surface area (Å²) in [5, 5.41) is 1.78. The lowest BCUT2D eigenvalue weighted by atomic mass is 10.0. The zero-order valence-corrected chi connectivity index (χ0v) is 21.5. The van der Waals surface area contributed by atoms with Gasteiger partial charge < -0.3 is 19.3 Å². The van der Waals surface area contributed by atoms with Gasteiger partial charge in [-0.1, -0.05) is 56.3 Å². The van der Waals surface area contributed by atoms with Crippen LogP contribution in [0.4, 0.5) is 5.69 Å². The highest BCUT2D eigenvalue weighted by Gasteiger charge is 2.41. The summed E-state index contributed by atoms with van der Waals surface area (Å²) in [4.78, 5) is 31.4. The number of thioether (sulfide) groups is 1. The maximum Gasteiger partial charge on any atom is 0.303 e. The Labute approximate surface area is 211 Å². The highest BCUT2D eigenvalue weighted by atomic mass is 32.2. The van der Waals surface area contributed by atoms with Crippen molar-refractivity contribution in [2.75, 3.05) is 38.2 Å². The molecule has 0 unspecified atom stereocenters. The number of amides is 1. The van der Waals surface area contributed by atoms with Crippen LogP contribution in [0.3, 0.4) is 0 Å². The standard InChI is InChI=1S/C28H32N2O4S/c1-5-29(6-2)17-18-30-24-16-13-20-9-7-8-10-23(20)27(24)35-26(25(28(30)32)34-19(3)31)21-11-14-22(33-4)15-12-21/h7-16,25-26H,5-6,17-18H2,1-4H3/t25-,26+/m1/s1. The van der Waals surface area contributed by atoms with Gasteiger partial charge in [-0.25, -0.2) is 0 Å². The molecule has 0 saturated heterocycles. The molecular formula is C28H32N2O4S. The first-order valence-electron chi connectivity index (χ1n) is 12.0. The third-order valence-electron chi connectivity index (χ3n) is 6.45. The minimum Gasteiger partial charge on any atom is -0.497 e. The molecule has 0 bridgehead atoms. The zero-order chi connectivity index (χ0) is 24.9. The van der Waals surface area contributed by atoms with Gasteiger partial charge in [-0.15, -0.1) is 11.8 Å². The summed E-state index contributed by atoms with van der Waals surface area (Å²) < 4.78 is 11.1. The van der Waals surface area contributed by atoms with E-state index in [9.17, 15) is 9.59 Å². The summed E-state index contributed by atoms with van der Waals surface area (Å²) >= 11 is 1.58. The summed E-state index contributed by atoms with van der Waals surface area (Å²) in [5.41, 5.74) is 1.76. The Hall–Kier alpha value is -3.03. The third kappa shape index (κ3) is 5.31. The second kappa shape index (κ2) is 11.1. The number of hydrogen-bond acceptors (Lipinski definition) is 6. The van der Waals surface area contributed by atoms with Gasteiger partial charge in [0.2, 0.25) is 0 Å². The van der Waals surface area contributed by atoms with E-state index in [0.717, 1.165) is 52.3 Å². The van der Waals surface area contributed by atoms with Crippen molar-refractivity contribution in [1.29, 1.82) is 0 Å². The number of benzene rings is 3. The van der Waals surface area contributed by atoms with Gasteiger partial charge >= 0.3 is 5.97 Å². The van der Waals surface area contributed by atoms with Gasteiger partial charge in [-0.05, 0) is 47.6 Å². The van der Waals surface area contributed by atoms with Crippen LogP contribution in [0.25, 0.3) is 10.8 Å². The van der Waals surface area contributed by atoms with E-state index in [4.69, 9.17) is 9.47 Å². The number of rotatable bonds is 8. The number of nitrogens with zero attached hydrogens (tertiary/aromatic N) is 2. The SMILES string of the molecule is CCN(CC)CCN1C(=O)[C@H](OC(C)=O)[C@H](c2ccc(OC)cc2)Sc2c1ccc1ccccc21. The Kier molecular flexibility index (Phi) is 7.98. The van der Waals surface area contributed by atoms with Crippen LogP contribution in [0.15, 0.2) is 65.6 Å². The van der Waals surface area contributed by atoms with Gasteiger partial charge in [-0.2, -0.15) is 0 Å². The van der Waals surface area contributed by atoms with Crippen LogP contribution in [0.1, 0.15) is 31.6 Å². The quantitative estimate of drug-likeness (QED) is 0.398. The van der Waals surface area contributed by atoms with E-state index in [1.807, 2.05) is 47.4 Å². The molecule has 3 aromatic carbocycles. The fourth-order valence-electron chi connectivity index (χ4n) is 4.50. The molecule has 7 heteroatoms. The Bertz CT molecular complexity index is 1190. The fourth-order valence-corrected chi connectivity index (χ4v) is 5.95. The van der Waals surface area contributed by atoms with Gasteiger partial charge in [0.15, 0.2) is 6.10 Å². The van der Waals surface area contributed by atoms with Crippen molar-refractivity contribution in [3.05, 3.63) is 66.2 Å². The van der Waals surface area contributed by atoms with Crippen molar-refractivity contribution < 1.29 is 19.1 Å². The van der Waals surface area contributed by atoms with Crippen molar-refractivity contribution >= 4 is 40.1 Å². The first-order chi connectivity index (χ1) is 17.0. The average Bonchev–Trinajstić information content (AvgIpc) is 2.99. The van der Waals surface area contributed by atoms with Gasteiger partial charge in [-0.3, -0.25) is 9.59 Å². The van der Waals surface area contributed by atoms with Crippen molar-refractivity contribution in [2.24, 2.45) is 0 Å². The molecule has 1 aliphatic heterocycles. The largest absolute Gasteiger partial charge is 0.497 e. The molecule has 0 aliphatic carbocycles. The molecule has 4 rings (SSSR count). The van der Waals surface area contributed by atoms with Crippen LogP contribution in [-0.2, 0) is 14.3 Å². The molecule has 3 aromatic rings. The molecule has 0 aromatic heterocycles. The number of carbonyl (C=O) groups is 2. The molecule has 1 heterocycles. The van der Waals surface area contributed by atoms with Crippen LogP contribution < -0.4 is 9.64 Å². The van der Waals surface area contributed by atoms with Crippen LogP contribution in [-0.4, -0.2) is 56.2 Å². The number of esters is 1. The molecule has 35 heavy (non-hydrogen) atoms. The Morgan fingerprint density at radius 1 is 1.03 bits per heavy atom. The first kappa shape index (κ1) is 25.1. The van der Waals surface area contributed by atoms with E-state index in [1.165, 1.54) is 6.92 Å². The van der Waals surface area contributed by atoms with Gasteiger partial charge in [0.05, 0.1) is 18.0 Å². The molecular weight excluding hydrogens is 460 g/mol. The van der Waals surface area contributed by atoms with Crippen molar-refractivity contribution in [3.63, 3.8) is 0 Å². The molecule has 1 aliphatic rings. The van der Waals surface area contributed by atoms with E-state index in [1.54, 1.807) is 18.9 Å². The molecule has 1 amide bonds. The Balaban J connectivity index is 1.86. The zero-order valence-electron chi connectivity index (χ0n) is 20.7. The third-order valence-corrected chi connectivity index (χ3v) is 7.89. The number of carbonyl (C=O) groups excluding carboxylic acids is 2. The van der Waals surface area contributed by atoms with Gasteiger partial charge in [0, 0.05) is 24.9 Å². The van der Waals surface area contributed by atoms with E-state index in [2.05, 4.69) is 36.9 Å². The van der Waals surface area contributed by atoms with Gasteiger partial charge in [0.1, 0.15) is 5.75 Å². The van der Waals surface area contributed by atoms with Gasteiger partial charge in [0.25, 0.3) is 5.91 Å². The maximum atomic E-state index is 14.1. The molecule has 184 valence electrons. The monoisotopic (exact) mass is 492 g/mol. The number of ether oxygens (including phenoxy) is 2. The predicted molar refractivity (Wildman–Crippen MR) is 141 cm³/mol. The lowest BCUT2D eigenvalue weighted by Gasteiger charge is -2.29. The normalized spacial score (nSPS) is 17.9. The number of likely N-dealkylation sites (N-methyl/N-ethyl adjacent to an activating group) is 1. The van der Waals surface area contributed by atoms with E-state index in [0.29, 0.717) is 6.54 Å². The maximum absolute atomic E-state index is 14.1. The molecule has 0 N–H and O–H groups in total. The predicted octanol–water partition coefficient (Wildman–Crippen LogP) is 5.30. The number of hydrogen-bond donors (Lipinski definition) is 0. The molecule has 6 nitrogen and oxygen atoms in total. The first-order valence-corrected chi connectivity index (χ1v) is 12.9. The lowest BCUT2D eigenvalue weighted by molar-refractivity contribution is -0.152. The summed E-state index contributed by atoms with van der Waals surface area (Å²) in [6.07, 6.45) is -0.950. The van der Waals surface area contributed by atoms with Crippen LogP contribution in [0.2, 0.25) is 0 Å². The van der Waals surface area contributed by atoms with Crippen molar-refractivity contribution in [3.8, 4) is 5.75 Å². The molecule has 0 saturated carbocycles. The van der Waals surface area contributed by atoms with Crippen molar-refractivity contribution in [1.82, 2.24) is 4.90 Å². The molecule has 0 fully saturated rings. The highest BCUT2D eigenvalue weighted by molar-refractivity contribution is 8.00. The highest BCUT2D eigenvalue weighted by Crippen LogP contribution is 2.49. The van der Waals surface area contributed by atoms with Crippen molar-refractivity contribution in [2.45, 2.75) is 37.0 Å². The smallest absolute Gasteiger partial charge is 0.303 e. The average molecular weight is 493 g/mol. The number of methoxy groups -OCH3 is 1. The minimum atomic E-state index is -0.950. The number of fused-ring (bicyclic) bond motifs is 3. The lowest BCUT2D eigenvalue weighted by Crippen LogP contribution is -2.45. The summed E-state index contributed by atoms with van der Waals surface area (Å²) in [6, 6.07) is 19.9. The van der Waals surface area contributed by atoms with E-state index < -0.39 is 17.3 Å². The Morgan fingerprint density at radius 2 is 1.74 bits per heavy atom. The number of anilines is 1. The van der Waals surface area contributed by atoms with Crippen LogP contribution in [0.5, 0.6) is 5.75 Å².